The molecule has 5 heteroatoms. The molecule has 3 rings (SSSR count). The lowest BCUT2D eigenvalue weighted by Crippen LogP contribution is -2.40. The Bertz CT molecular complexity index is 499. The highest BCUT2D eigenvalue weighted by molar-refractivity contribution is 5.83. The van der Waals surface area contributed by atoms with E-state index in [1.807, 2.05) is 23.1 Å². The highest BCUT2D eigenvalue weighted by Crippen LogP contribution is 2.30. The van der Waals surface area contributed by atoms with Crippen LogP contribution in [0.2, 0.25) is 0 Å². The molecule has 1 saturated heterocycles. The molecular formula is C15H18N2O3. The van der Waals surface area contributed by atoms with Crippen LogP contribution in [-0.2, 0) is 9.59 Å². The van der Waals surface area contributed by atoms with Gasteiger partial charge < -0.3 is 15.0 Å². The number of likely N-dealkylation sites (tertiary alicyclic amines) is 1. The van der Waals surface area contributed by atoms with Gasteiger partial charge in [-0.15, -0.1) is 0 Å². The molecule has 5 nitrogen and oxygen atoms in total. The fourth-order valence-electron chi connectivity index (χ4n) is 2.50. The second-order valence-electron chi connectivity index (χ2n) is 5.35. The Morgan fingerprint density at radius 3 is 2.75 bits per heavy atom. The topological polar surface area (TPSA) is 58.6 Å². The highest BCUT2D eigenvalue weighted by atomic mass is 16.5. The maximum absolute atomic E-state index is 11.8. The normalized spacial score (nSPS) is 21.9. The van der Waals surface area contributed by atoms with E-state index >= 15 is 0 Å². The van der Waals surface area contributed by atoms with Gasteiger partial charge in [0.25, 0.3) is 5.91 Å². The summed E-state index contributed by atoms with van der Waals surface area (Å²) in [5.74, 6) is 0.649. The van der Waals surface area contributed by atoms with Crippen LogP contribution in [0.25, 0.3) is 0 Å². The Balaban J connectivity index is 1.44. The van der Waals surface area contributed by atoms with E-state index < -0.39 is 0 Å². The molecular weight excluding hydrogens is 256 g/mol. The average molecular weight is 274 g/mol. The lowest BCUT2D eigenvalue weighted by atomic mass is 10.2. The summed E-state index contributed by atoms with van der Waals surface area (Å²) in [6.45, 7) is 0.624. The van der Waals surface area contributed by atoms with Crippen molar-refractivity contribution in [2.24, 2.45) is 0 Å². The maximum Gasteiger partial charge on any atom is 0.258 e. The minimum atomic E-state index is -0.177. The summed E-state index contributed by atoms with van der Waals surface area (Å²) in [5, 5.41) is 2.87. The SMILES string of the molecule is O=C(COc1ccccc1)NC1CC(=O)N(C2CC2)C1. The van der Waals surface area contributed by atoms with Crippen molar-refractivity contribution in [3.63, 3.8) is 0 Å². The van der Waals surface area contributed by atoms with Gasteiger partial charge in [0.15, 0.2) is 6.61 Å². The number of hydrogen-bond acceptors (Lipinski definition) is 3. The van der Waals surface area contributed by atoms with Crippen molar-refractivity contribution in [1.82, 2.24) is 10.2 Å². The summed E-state index contributed by atoms with van der Waals surface area (Å²) < 4.78 is 5.38. The molecule has 2 aliphatic rings. The molecule has 0 spiro atoms. The number of carbonyl (C=O) groups excluding carboxylic acids is 2. The molecule has 106 valence electrons. The third kappa shape index (κ3) is 3.10. The molecule has 1 N–H and O–H groups in total. The van der Waals surface area contributed by atoms with Crippen LogP contribution in [0.3, 0.4) is 0 Å². The molecule has 1 aromatic rings. The molecule has 1 aliphatic heterocycles. The molecule has 1 saturated carbocycles. The summed E-state index contributed by atoms with van der Waals surface area (Å²) in [6, 6.07) is 9.57. The zero-order valence-electron chi connectivity index (χ0n) is 11.2. The summed E-state index contributed by atoms with van der Waals surface area (Å²) in [4.78, 5) is 25.5. The van der Waals surface area contributed by atoms with Crippen molar-refractivity contribution in [1.29, 1.82) is 0 Å². The highest BCUT2D eigenvalue weighted by Gasteiger charge is 2.39. The summed E-state index contributed by atoms with van der Waals surface area (Å²) in [7, 11) is 0. The molecule has 1 heterocycles. The van der Waals surface area contributed by atoms with E-state index in [4.69, 9.17) is 4.74 Å². The molecule has 0 radical (unpaired) electrons. The number of ether oxygens (including phenoxy) is 1. The van der Waals surface area contributed by atoms with Crippen LogP contribution >= 0.6 is 0 Å². The van der Waals surface area contributed by atoms with Gasteiger partial charge in [-0.1, -0.05) is 18.2 Å². The number of rotatable bonds is 5. The van der Waals surface area contributed by atoms with Crippen LogP contribution in [0, 0.1) is 0 Å². The molecule has 20 heavy (non-hydrogen) atoms. The minimum absolute atomic E-state index is 0.0157. The summed E-state index contributed by atoms with van der Waals surface area (Å²) >= 11 is 0. The number of hydrogen-bond donors (Lipinski definition) is 1. The van der Waals surface area contributed by atoms with E-state index in [2.05, 4.69) is 5.32 Å². The van der Waals surface area contributed by atoms with Crippen LogP contribution in [0.4, 0.5) is 0 Å². The predicted molar refractivity (Wildman–Crippen MR) is 73.2 cm³/mol. The van der Waals surface area contributed by atoms with Crippen LogP contribution in [-0.4, -0.2) is 41.9 Å². The van der Waals surface area contributed by atoms with Gasteiger partial charge in [0.1, 0.15) is 5.75 Å². The quantitative estimate of drug-likeness (QED) is 0.869. The van der Waals surface area contributed by atoms with E-state index in [1.165, 1.54) is 0 Å². The number of benzene rings is 1. The molecule has 1 aromatic carbocycles. The number of para-hydroxylation sites is 1. The standard InChI is InChI=1S/C15H18N2O3/c18-14(10-20-13-4-2-1-3-5-13)16-11-8-15(19)17(9-11)12-6-7-12/h1-5,11-12H,6-10H2,(H,16,18). The van der Waals surface area contributed by atoms with Crippen molar-refractivity contribution < 1.29 is 14.3 Å². The molecule has 2 fully saturated rings. The molecule has 1 aliphatic carbocycles. The number of nitrogens with zero attached hydrogens (tertiary/aromatic N) is 1. The zero-order valence-corrected chi connectivity index (χ0v) is 11.2. The summed E-state index contributed by atoms with van der Waals surface area (Å²) in [6.07, 6.45) is 2.61. The van der Waals surface area contributed by atoms with Gasteiger partial charge in [-0.05, 0) is 25.0 Å². The molecule has 0 bridgehead atoms. The van der Waals surface area contributed by atoms with Gasteiger partial charge in [0, 0.05) is 19.0 Å². The first-order chi connectivity index (χ1) is 9.72. The van der Waals surface area contributed by atoms with Gasteiger partial charge in [0.05, 0.1) is 6.04 Å². The lowest BCUT2D eigenvalue weighted by Gasteiger charge is -2.16. The van der Waals surface area contributed by atoms with Gasteiger partial charge in [-0.3, -0.25) is 9.59 Å². The predicted octanol–water partition coefficient (Wildman–Crippen LogP) is 0.945. The van der Waals surface area contributed by atoms with E-state index in [-0.39, 0.29) is 24.5 Å². The Morgan fingerprint density at radius 1 is 1.30 bits per heavy atom. The number of nitrogens with one attached hydrogen (secondary N) is 1. The van der Waals surface area contributed by atoms with Crippen LogP contribution in [0.1, 0.15) is 19.3 Å². The van der Waals surface area contributed by atoms with Crippen LogP contribution in [0.15, 0.2) is 30.3 Å². The van der Waals surface area contributed by atoms with Crippen LogP contribution < -0.4 is 10.1 Å². The Labute approximate surface area is 117 Å². The molecule has 0 aromatic heterocycles. The van der Waals surface area contributed by atoms with Gasteiger partial charge >= 0.3 is 0 Å². The first-order valence-corrected chi connectivity index (χ1v) is 6.99. The third-order valence-corrected chi connectivity index (χ3v) is 3.62. The molecule has 1 atom stereocenters. The molecule has 2 amide bonds. The van der Waals surface area contributed by atoms with Gasteiger partial charge in [-0.25, -0.2) is 0 Å². The van der Waals surface area contributed by atoms with Crippen molar-refractivity contribution in [2.75, 3.05) is 13.2 Å². The van der Waals surface area contributed by atoms with Crippen molar-refractivity contribution >= 4 is 11.8 Å². The largest absolute Gasteiger partial charge is 0.484 e. The second kappa shape index (κ2) is 5.53. The van der Waals surface area contributed by atoms with Gasteiger partial charge in [0.2, 0.25) is 5.91 Å². The fourth-order valence-corrected chi connectivity index (χ4v) is 2.50. The number of carbonyl (C=O) groups is 2. The number of amides is 2. The van der Waals surface area contributed by atoms with Crippen molar-refractivity contribution in [2.45, 2.75) is 31.3 Å². The van der Waals surface area contributed by atoms with E-state index in [0.29, 0.717) is 24.8 Å². The first kappa shape index (κ1) is 13.0. The fraction of sp³-hybridized carbons (Fsp3) is 0.467. The average Bonchev–Trinajstić information content (AvgIpc) is 3.22. The Hall–Kier alpha value is -2.04. The Kier molecular flexibility index (Phi) is 3.58. The lowest BCUT2D eigenvalue weighted by molar-refractivity contribution is -0.128. The zero-order chi connectivity index (χ0) is 13.9. The smallest absolute Gasteiger partial charge is 0.258 e. The van der Waals surface area contributed by atoms with Crippen molar-refractivity contribution in [3.8, 4) is 5.75 Å². The summed E-state index contributed by atoms with van der Waals surface area (Å²) in [5.41, 5.74) is 0. The van der Waals surface area contributed by atoms with E-state index in [0.717, 1.165) is 12.8 Å². The van der Waals surface area contributed by atoms with Gasteiger partial charge in [-0.2, -0.15) is 0 Å². The minimum Gasteiger partial charge on any atom is -0.484 e. The van der Waals surface area contributed by atoms with E-state index in [9.17, 15) is 9.59 Å². The second-order valence-corrected chi connectivity index (χ2v) is 5.35. The Morgan fingerprint density at radius 2 is 2.05 bits per heavy atom. The van der Waals surface area contributed by atoms with Crippen LogP contribution in [0.5, 0.6) is 5.75 Å². The van der Waals surface area contributed by atoms with Crippen molar-refractivity contribution in [3.05, 3.63) is 30.3 Å². The maximum atomic E-state index is 11.8. The molecule has 1 unspecified atom stereocenters. The van der Waals surface area contributed by atoms with E-state index in [1.54, 1.807) is 12.1 Å². The monoisotopic (exact) mass is 274 g/mol. The third-order valence-electron chi connectivity index (χ3n) is 3.62. The first-order valence-electron chi connectivity index (χ1n) is 6.99.